The summed E-state index contributed by atoms with van der Waals surface area (Å²) in [7, 11) is 0. The lowest BCUT2D eigenvalue weighted by Crippen LogP contribution is -2.10. The van der Waals surface area contributed by atoms with Crippen molar-refractivity contribution in [3.8, 4) is 11.3 Å². The van der Waals surface area contributed by atoms with Crippen LogP contribution in [0.2, 0.25) is 0 Å². The molecule has 0 radical (unpaired) electrons. The Kier molecular flexibility index (Phi) is 4.66. The van der Waals surface area contributed by atoms with E-state index in [-0.39, 0.29) is 22.6 Å². The molecular weight excluding hydrogens is 364 g/mol. The Bertz CT molecular complexity index is 928. The van der Waals surface area contributed by atoms with Gasteiger partial charge in [0.1, 0.15) is 16.5 Å². The zero-order valence-corrected chi connectivity index (χ0v) is 15.4. The van der Waals surface area contributed by atoms with E-state index < -0.39 is 11.6 Å². The first-order chi connectivity index (χ1) is 11.7. The fraction of sp³-hybridized carbons (Fsp3) is 0.235. The van der Waals surface area contributed by atoms with Crippen LogP contribution in [0, 0.1) is 11.6 Å². The van der Waals surface area contributed by atoms with Crippen LogP contribution in [0.4, 0.5) is 13.9 Å². The van der Waals surface area contributed by atoms with Crippen molar-refractivity contribution in [2.24, 2.45) is 0 Å². The summed E-state index contributed by atoms with van der Waals surface area (Å²) in [6, 6.07) is 3.17. The fourth-order valence-electron chi connectivity index (χ4n) is 2.03. The Balaban J connectivity index is 1.78. The third-order valence-electron chi connectivity index (χ3n) is 3.30. The molecule has 3 aromatic rings. The number of carbonyl (C=O) groups is 1. The lowest BCUT2D eigenvalue weighted by molar-refractivity contribution is 0.103. The van der Waals surface area contributed by atoms with Gasteiger partial charge >= 0.3 is 0 Å². The van der Waals surface area contributed by atoms with Crippen molar-refractivity contribution in [3.05, 3.63) is 51.3 Å². The number of hydrogen-bond donors (Lipinski definition) is 1. The molecule has 0 aliphatic rings. The van der Waals surface area contributed by atoms with E-state index in [9.17, 15) is 13.6 Å². The summed E-state index contributed by atoms with van der Waals surface area (Å²) in [5.74, 6) is -1.44. The van der Waals surface area contributed by atoms with E-state index in [1.807, 2.05) is 20.8 Å². The third-order valence-corrected chi connectivity index (χ3v) is 5.48. The van der Waals surface area contributed by atoms with E-state index in [1.54, 1.807) is 5.38 Å². The summed E-state index contributed by atoms with van der Waals surface area (Å²) in [5, 5.41) is 5.41. The first kappa shape index (κ1) is 17.6. The zero-order valence-electron chi connectivity index (χ0n) is 13.8. The van der Waals surface area contributed by atoms with Gasteiger partial charge in [0.25, 0.3) is 5.91 Å². The number of benzene rings is 1. The molecule has 0 atom stereocenters. The van der Waals surface area contributed by atoms with Crippen LogP contribution < -0.4 is 5.32 Å². The number of aromatic nitrogens is 2. The second-order valence-electron chi connectivity index (χ2n) is 6.40. The summed E-state index contributed by atoms with van der Waals surface area (Å²) in [4.78, 5) is 21.2. The largest absolute Gasteiger partial charge is 0.297 e. The predicted octanol–water partition coefficient (Wildman–Crippen LogP) is 5.09. The molecule has 1 N–H and O–H groups in total. The van der Waals surface area contributed by atoms with Crippen molar-refractivity contribution in [3.63, 3.8) is 0 Å². The summed E-state index contributed by atoms with van der Waals surface area (Å²) in [5.41, 5.74) is 0.202. The van der Waals surface area contributed by atoms with Gasteiger partial charge in [0, 0.05) is 16.4 Å². The van der Waals surface area contributed by atoms with Crippen LogP contribution in [-0.2, 0) is 5.41 Å². The second kappa shape index (κ2) is 6.61. The van der Waals surface area contributed by atoms with Crippen LogP contribution in [0.5, 0.6) is 0 Å². The summed E-state index contributed by atoms with van der Waals surface area (Å²) in [6.45, 7) is 6.07. The number of carbonyl (C=O) groups excluding carboxylic acids is 1. The molecule has 0 aliphatic heterocycles. The van der Waals surface area contributed by atoms with E-state index in [2.05, 4.69) is 15.3 Å². The van der Waals surface area contributed by atoms with Gasteiger partial charge in [-0.25, -0.2) is 18.7 Å². The number of thiazole rings is 2. The molecule has 0 fully saturated rings. The Morgan fingerprint density at radius 3 is 2.68 bits per heavy atom. The minimum Gasteiger partial charge on any atom is -0.297 e. The van der Waals surface area contributed by atoms with E-state index in [1.165, 1.54) is 17.5 Å². The van der Waals surface area contributed by atoms with Crippen molar-refractivity contribution < 1.29 is 13.6 Å². The third kappa shape index (κ3) is 3.91. The number of nitrogens with zero attached hydrogens (tertiary/aromatic N) is 2. The number of halogens is 2. The molecular formula is C17H15F2N3OS2. The van der Waals surface area contributed by atoms with E-state index in [0.717, 1.165) is 34.5 Å². The van der Waals surface area contributed by atoms with Gasteiger partial charge in [-0.2, -0.15) is 0 Å². The molecule has 0 aliphatic carbocycles. The van der Waals surface area contributed by atoms with Gasteiger partial charge in [-0.05, 0) is 18.2 Å². The molecule has 4 nitrogen and oxygen atoms in total. The molecule has 0 unspecified atom stereocenters. The highest BCUT2D eigenvalue weighted by Crippen LogP contribution is 2.29. The SMILES string of the molecule is CC(C)(C)c1ncc(C(=O)Nc2nc(-c3cc(F)ccc3F)cs2)s1. The van der Waals surface area contributed by atoms with Crippen molar-refractivity contribution >= 4 is 33.7 Å². The molecule has 3 rings (SSSR count). The van der Waals surface area contributed by atoms with Crippen LogP contribution in [0.1, 0.15) is 35.5 Å². The molecule has 2 aromatic heterocycles. The lowest BCUT2D eigenvalue weighted by Gasteiger charge is -2.13. The van der Waals surface area contributed by atoms with Gasteiger partial charge in [0.2, 0.25) is 0 Å². The molecule has 0 bridgehead atoms. The molecule has 0 spiro atoms. The molecule has 0 saturated heterocycles. The number of rotatable bonds is 3. The molecule has 8 heteroatoms. The number of anilines is 1. The van der Waals surface area contributed by atoms with Crippen molar-refractivity contribution in [1.82, 2.24) is 9.97 Å². The van der Waals surface area contributed by atoms with Gasteiger partial charge in [-0.1, -0.05) is 20.8 Å². The van der Waals surface area contributed by atoms with Gasteiger partial charge < -0.3 is 0 Å². The van der Waals surface area contributed by atoms with Crippen molar-refractivity contribution in [2.45, 2.75) is 26.2 Å². The van der Waals surface area contributed by atoms with Gasteiger partial charge in [0.15, 0.2) is 5.13 Å². The normalized spacial score (nSPS) is 11.6. The van der Waals surface area contributed by atoms with Crippen molar-refractivity contribution in [2.75, 3.05) is 5.32 Å². The number of nitrogens with one attached hydrogen (secondary N) is 1. The molecule has 1 amide bonds. The lowest BCUT2D eigenvalue weighted by atomic mass is 9.98. The Morgan fingerprint density at radius 1 is 1.24 bits per heavy atom. The summed E-state index contributed by atoms with van der Waals surface area (Å²) >= 11 is 2.47. The number of hydrogen-bond acceptors (Lipinski definition) is 5. The fourth-order valence-corrected chi connectivity index (χ4v) is 3.61. The van der Waals surface area contributed by atoms with E-state index in [0.29, 0.717) is 10.0 Å². The molecule has 25 heavy (non-hydrogen) atoms. The maximum absolute atomic E-state index is 13.8. The topological polar surface area (TPSA) is 54.9 Å². The first-order valence-corrected chi connectivity index (χ1v) is 9.12. The van der Waals surface area contributed by atoms with Crippen LogP contribution in [0.25, 0.3) is 11.3 Å². The standard InChI is InChI=1S/C17H15F2N3OS2/c1-17(2,3)15-20-7-13(25-15)14(23)22-16-21-12(8-24-16)10-6-9(18)4-5-11(10)19/h4-8H,1-3H3,(H,21,22,23). The molecule has 1 aromatic carbocycles. The smallest absolute Gasteiger partial charge is 0.269 e. The highest BCUT2D eigenvalue weighted by Gasteiger charge is 2.21. The average Bonchev–Trinajstić information content (AvgIpc) is 3.18. The monoisotopic (exact) mass is 379 g/mol. The predicted molar refractivity (Wildman–Crippen MR) is 96.2 cm³/mol. The first-order valence-electron chi connectivity index (χ1n) is 7.42. The minimum atomic E-state index is -0.568. The van der Waals surface area contributed by atoms with Gasteiger partial charge in [-0.3, -0.25) is 10.1 Å². The Hall–Kier alpha value is -2.19. The van der Waals surface area contributed by atoms with E-state index in [4.69, 9.17) is 0 Å². The van der Waals surface area contributed by atoms with Crippen molar-refractivity contribution in [1.29, 1.82) is 0 Å². The quantitative estimate of drug-likeness (QED) is 0.689. The van der Waals surface area contributed by atoms with E-state index >= 15 is 0 Å². The second-order valence-corrected chi connectivity index (χ2v) is 8.28. The highest BCUT2D eigenvalue weighted by molar-refractivity contribution is 7.15. The number of amides is 1. The average molecular weight is 379 g/mol. The van der Waals surface area contributed by atoms with Crippen LogP contribution in [-0.4, -0.2) is 15.9 Å². The highest BCUT2D eigenvalue weighted by atomic mass is 32.1. The maximum atomic E-state index is 13.8. The van der Waals surface area contributed by atoms with Crippen LogP contribution in [0.15, 0.2) is 29.8 Å². The zero-order chi connectivity index (χ0) is 18.2. The van der Waals surface area contributed by atoms with Gasteiger partial charge in [-0.15, -0.1) is 22.7 Å². The molecule has 130 valence electrons. The molecule has 0 saturated carbocycles. The van der Waals surface area contributed by atoms with Gasteiger partial charge in [0.05, 0.1) is 16.9 Å². The Morgan fingerprint density at radius 2 is 2.00 bits per heavy atom. The summed E-state index contributed by atoms with van der Waals surface area (Å²) in [6.07, 6.45) is 1.53. The maximum Gasteiger partial charge on any atom is 0.269 e. The van der Waals surface area contributed by atoms with Crippen LogP contribution in [0.3, 0.4) is 0 Å². The minimum absolute atomic E-state index is 0.0598. The molecule has 2 heterocycles. The Labute approximate surface area is 151 Å². The summed E-state index contributed by atoms with van der Waals surface area (Å²) < 4.78 is 27.1. The van der Waals surface area contributed by atoms with Crippen LogP contribution >= 0.6 is 22.7 Å².